The number of carbonyl (C=O) groups excluding carboxylic acids is 1. The Labute approximate surface area is 203 Å². The highest BCUT2D eigenvalue weighted by Gasteiger charge is 2.18. The van der Waals surface area contributed by atoms with Crippen LogP contribution in [0.25, 0.3) is 0 Å². The predicted octanol–water partition coefficient (Wildman–Crippen LogP) is 4.41. The van der Waals surface area contributed by atoms with Crippen molar-refractivity contribution >= 4 is 33.2 Å². The van der Waals surface area contributed by atoms with E-state index >= 15 is 0 Å². The summed E-state index contributed by atoms with van der Waals surface area (Å²) in [7, 11) is -0.743. The average molecular weight is 505 g/mol. The van der Waals surface area contributed by atoms with Crippen molar-refractivity contribution in [3.63, 3.8) is 0 Å². The molecule has 0 radical (unpaired) electrons. The quantitative estimate of drug-likeness (QED) is 0.424. The minimum Gasteiger partial charge on any atom is -0.493 e. The molecule has 1 unspecified atom stereocenters. The van der Waals surface area contributed by atoms with Gasteiger partial charge in [0, 0.05) is 5.69 Å². The molecule has 10 heteroatoms. The maximum absolute atomic E-state index is 12.6. The smallest absolute Gasteiger partial charge is 0.261 e. The molecule has 3 aromatic rings. The number of anilines is 1. The van der Waals surface area contributed by atoms with E-state index in [9.17, 15) is 13.2 Å². The Balaban J connectivity index is 1.60. The van der Waals surface area contributed by atoms with E-state index in [1.165, 1.54) is 25.3 Å². The van der Waals surface area contributed by atoms with Gasteiger partial charge in [0.1, 0.15) is 5.75 Å². The third-order valence-corrected chi connectivity index (χ3v) is 6.56. The van der Waals surface area contributed by atoms with Crippen LogP contribution in [0.5, 0.6) is 17.2 Å². The Kier molecular flexibility index (Phi) is 8.25. The van der Waals surface area contributed by atoms with E-state index in [0.717, 1.165) is 5.56 Å². The van der Waals surface area contributed by atoms with Crippen molar-refractivity contribution in [1.29, 1.82) is 0 Å². The van der Waals surface area contributed by atoms with Crippen molar-refractivity contribution in [3.8, 4) is 17.2 Å². The number of amides is 1. The highest BCUT2D eigenvalue weighted by atomic mass is 35.5. The molecule has 0 spiro atoms. The maximum atomic E-state index is 12.6. The van der Waals surface area contributed by atoms with E-state index in [1.807, 2.05) is 13.0 Å². The first kappa shape index (κ1) is 25.2. The fraction of sp³-hybridized carbons (Fsp3) is 0.208. The summed E-state index contributed by atoms with van der Waals surface area (Å²) in [5.41, 5.74) is 1.25. The number of methoxy groups -OCH3 is 2. The molecule has 1 amide bonds. The molecule has 1 atom stereocenters. The lowest BCUT2D eigenvalue weighted by molar-refractivity contribution is -0.123. The van der Waals surface area contributed by atoms with E-state index < -0.39 is 10.0 Å². The third-order valence-electron chi connectivity index (χ3n) is 4.88. The van der Waals surface area contributed by atoms with Crippen molar-refractivity contribution in [2.75, 3.05) is 25.5 Å². The molecule has 0 aliphatic heterocycles. The molecule has 8 nitrogen and oxygen atoms in total. The van der Waals surface area contributed by atoms with Crippen molar-refractivity contribution in [2.24, 2.45) is 0 Å². The van der Waals surface area contributed by atoms with Crippen LogP contribution in [0.15, 0.2) is 71.6 Å². The Bertz CT molecular complexity index is 1250. The molecule has 0 fully saturated rings. The highest BCUT2D eigenvalue weighted by molar-refractivity contribution is 7.92. The molecular formula is C24H25ClN2O6S. The molecule has 0 aliphatic carbocycles. The molecule has 0 aliphatic rings. The summed E-state index contributed by atoms with van der Waals surface area (Å²) in [6, 6.07) is 17.6. The first-order valence-corrected chi connectivity index (χ1v) is 12.1. The summed E-state index contributed by atoms with van der Waals surface area (Å²) >= 11 is 6.21. The van der Waals surface area contributed by atoms with Crippen molar-refractivity contribution < 1.29 is 27.4 Å². The largest absolute Gasteiger partial charge is 0.493 e. The molecule has 180 valence electrons. The zero-order valence-corrected chi connectivity index (χ0v) is 20.4. The van der Waals surface area contributed by atoms with Crippen molar-refractivity contribution in [3.05, 3.63) is 77.3 Å². The molecule has 0 heterocycles. The van der Waals surface area contributed by atoms with Gasteiger partial charge in [-0.1, -0.05) is 35.9 Å². The number of halogens is 1. The minimum absolute atomic E-state index is 0.0276. The third kappa shape index (κ3) is 6.33. The number of benzene rings is 3. The number of para-hydroxylation sites is 1. The Hall–Kier alpha value is -3.43. The van der Waals surface area contributed by atoms with Gasteiger partial charge in [-0.15, -0.1) is 0 Å². The van der Waals surface area contributed by atoms with Crippen LogP contribution in [0, 0.1) is 0 Å². The van der Waals surface area contributed by atoms with Crippen LogP contribution >= 0.6 is 11.6 Å². The molecule has 0 aromatic heterocycles. The lowest BCUT2D eigenvalue weighted by Crippen LogP contribution is -2.31. The maximum Gasteiger partial charge on any atom is 0.261 e. The van der Waals surface area contributed by atoms with Gasteiger partial charge in [0.05, 0.1) is 30.2 Å². The zero-order chi connectivity index (χ0) is 24.7. The van der Waals surface area contributed by atoms with Gasteiger partial charge in [-0.3, -0.25) is 9.52 Å². The van der Waals surface area contributed by atoms with Crippen molar-refractivity contribution in [1.82, 2.24) is 5.32 Å². The SMILES string of the molecule is COc1ccc(C(C)NC(=O)COc2ccc(S(=O)(=O)Nc3ccccc3)cc2Cl)cc1OC. The summed E-state index contributed by atoms with van der Waals surface area (Å²) in [5.74, 6) is 0.961. The van der Waals surface area contributed by atoms with E-state index in [4.69, 9.17) is 25.8 Å². The van der Waals surface area contributed by atoms with Crippen LogP contribution in [0.2, 0.25) is 5.02 Å². The summed E-state index contributed by atoms with van der Waals surface area (Å²) in [6.07, 6.45) is 0. The van der Waals surface area contributed by atoms with E-state index in [0.29, 0.717) is 17.2 Å². The predicted molar refractivity (Wildman–Crippen MR) is 130 cm³/mol. The summed E-state index contributed by atoms with van der Waals surface area (Å²) in [5, 5.41) is 2.89. The summed E-state index contributed by atoms with van der Waals surface area (Å²) in [6.45, 7) is 1.53. The lowest BCUT2D eigenvalue weighted by atomic mass is 10.1. The van der Waals surface area contributed by atoms with E-state index in [-0.39, 0.29) is 34.2 Å². The monoisotopic (exact) mass is 504 g/mol. The number of ether oxygens (including phenoxy) is 3. The summed E-state index contributed by atoms with van der Waals surface area (Å²) < 4.78 is 43.7. The van der Waals surface area contributed by atoms with Crippen LogP contribution in [0.4, 0.5) is 5.69 Å². The zero-order valence-electron chi connectivity index (χ0n) is 18.9. The molecule has 3 rings (SSSR count). The van der Waals surface area contributed by atoms with Gasteiger partial charge in [-0.2, -0.15) is 0 Å². The van der Waals surface area contributed by atoms with Crippen LogP contribution in [0.3, 0.4) is 0 Å². The Morgan fingerprint density at radius 2 is 1.62 bits per heavy atom. The van der Waals surface area contributed by atoms with E-state index in [2.05, 4.69) is 10.0 Å². The van der Waals surface area contributed by atoms with Gasteiger partial charge in [0.15, 0.2) is 18.1 Å². The average Bonchev–Trinajstić information content (AvgIpc) is 2.83. The molecular weight excluding hydrogens is 480 g/mol. The van der Waals surface area contributed by atoms with Gasteiger partial charge in [-0.25, -0.2) is 8.42 Å². The number of carbonyl (C=O) groups is 1. The molecule has 0 bridgehead atoms. The second-order valence-corrected chi connectivity index (χ2v) is 9.35. The second kappa shape index (κ2) is 11.1. The van der Waals surface area contributed by atoms with Gasteiger partial charge in [-0.05, 0) is 55.0 Å². The molecule has 0 saturated heterocycles. The number of rotatable bonds is 10. The van der Waals surface area contributed by atoms with E-state index in [1.54, 1.807) is 49.6 Å². The Morgan fingerprint density at radius 1 is 0.941 bits per heavy atom. The molecule has 3 aromatic carbocycles. The number of hydrogen-bond donors (Lipinski definition) is 2. The minimum atomic E-state index is -3.83. The number of sulfonamides is 1. The second-order valence-electron chi connectivity index (χ2n) is 7.26. The highest BCUT2D eigenvalue weighted by Crippen LogP contribution is 2.30. The van der Waals surface area contributed by atoms with Gasteiger partial charge in [0.2, 0.25) is 0 Å². The standard InChI is InChI=1S/C24H25ClN2O6S/c1-16(17-9-11-22(31-2)23(13-17)32-3)26-24(28)15-33-21-12-10-19(14-20(21)25)34(29,30)27-18-7-5-4-6-8-18/h4-14,16,27H,15H2,1-3H3,(H,26,28). The van der Waals surface area contributed by atoms with Gasteiger partial charge in [0.25, 0.3) is 15.9 Å². The molecule has 34 heavy (non-hydrogen) atoms. The first-order chi connectivity index (χ1) is 16.2. The molecule has 2 N–H and O–H groups in total. The van der Waals surface area contributed by atoms with Crippen LogP contribution in [-0.2, 0) is 14.8 Å². The number of hydrogen-bond acceptors (Lipinski definition) is 6. The van der Waals surface area contributed by atoms with Crippen LogP contribution in [-0.4, -0.2) is 35.2 Å². The summed E-state index contributed by atoms with van der Waals surface area (Å²) in [4.78, 5) is 12.3. The van der Waals surface area contributed by atoms with Gasteiger partial charge >= 0.3 is 0 Å². The fourth-order valence-electron chi connectivity index (χ4n) is 3.12. The van der Waals surface area contributed by atoms with Crippen molar-refractivity contribution in [2.45, 2.75) is 17.9 Å². The first-order valence-electron chi connectivity index (χ1n) is 10.2. The van der Waals surface area contributed by atoms with Crippen LogP contribution < -0.4 is 24.2 Å². The Morgan fingerprint density at radius 3 is 2.26 bits per heavy atom. The topological polar surface area (TPSA) is 103 Å². The van der Waals surface area contributed by atoms with Gasteiger partial charge < -0.3 is 19.5 Å². The number of nitrogens with one attached hydrogen (secondary N) is 2. The van der Waals surface area contributed by atoms with Crippen LogP contribution in [0.1, 0.15) is 18.5 Å². The normalized spacial score (nSPS) is 11.9. The molecule has 0 saturated carbocycles. The fourth-order valence-corrected chi connectivity index (χ4v) is 4.50. The lowest BCUT2D eigenvalue weighted by Gasteiger charge is -2.17.